The molecule has 32 heavy (non-hydrogen) atoms. The summed E-state index contributed by atoms with van der Waals surface area (Å²) in [6.07, 6.45) is 3.40. The van der Waals surface area contributed by atoms with E-state index in [1.807, 2.05) is 0 Å². The highest BCUT2D eigenvalue weighted by atomic mass is 32.2. The molecule has 0 spiro atoms. The van der Waals surface area contributed by atoms with Crippen LogP contribution in [-0.4, -0.2) is 97.9 Å². The number of aliphatic hydroxyl groups excluding tert-OH is 2. The molecular formula is C18H30N6O7S. The molecule has 5 atom stereocenters. The van der Waals surface area contributed by atoms with Gasteiger partial charge < -0.3 is 42.0 Å². The van der Waals surface area contributed by atoms with Crippen molar-refractivity contribution in [1.82, 2.24) is 25.9 Å². The zero-order valence-electron chi connectivity index (χ0n) is 17.8. The Morgan fingerprint density at radius 2 is 1.81 bits per heavy atom. The third-order valence-electron chi connectivity index (χ3n) is 4.43. The topological polar surface area (TPSA) is 220 Å². The van der Waals surface area contributed by atoms with Crippen LogP contribution in [0.25, 0.3) is 0 Å². The van der Waals surface area contributed by atoms with E-state index < -0.39 is 60.6 Å². The number of aliphatic hydroxyl groups is 2. The molecule has 0 aromatic carbocycles. The molecule has 13 nitrogen and oxygen atoms in total. The molecule has 0 saturated heterocycles. The predicted octanol–water partition coefficient (Wildman–Crippen LogP) is -3.06. The average Bonchev–Trinajstić information content (AvgIpc) is 3.26. The lowest BCUT2D eigenvalue weighted by molar-refractivity contribution is -0.142. The van der Waals surface area contributed by atoms with Crippen LogP contribution in [0, 0.1) is 0 Å². The number of carbonyl (C=O) groups is 4. The van der Waals surface area contributed by atoms with Crippen molar-refractivity contribution in [3.63, 3.8) is 0 Å². The number of H-pyrrole nitrogens is 1. The molecule has 1 aromatic rings. The fraction of sp³-hybridized carbons (Fsp3) is 0.611. The lowest BCUT2D eigenvalue weighted by Gasteiger charge is -2.26. The van der Waals surface area contributed by atoms with Crippen molar-refractivity contribution in [2.24, 2.45) is 5.73 Å². The first-order valence-electron chi connectivity index (χ1n) is 9.75. The molecule has 1 heterocycles. The van der Waals surface area contributed by atoms with Gasteiger partial charge in [-0.2, -0.15) is 11.8 Å². The number of aliphatic carboxylic acids is 1. The summed E-state index contributed by atoms with van der Waals surface area (Å²) >= 11 is 1.41. The summed E-state index contributed by atoms with van der Waals surface area (Å²) in [6, 6.07) is -5.13. The summed E-state index contributed by atoms with van der Waals surface area (Å²) in [6.45, 7) is 0.600. The maximum atomic E-state index is 12.8. The van der Waals surface area contributed by atoms with Gasteiger partial charge >= 0.3 is 5.97 Å². The Balaban J connectivity index is 2.91. The highest BCUT2D eigenvalue weighted by Gasteiger charge is 2.32. The van der Waals surface area contributed by atoms with Crippen molar-refractivity contribution >= 4 is 35.5 Å². The number of hydrogen-bond donors (Lipinski definition) is 8. The van der Waals surface area contributed by atoms with Crippen LogP contribution in [0.5, 0.6) is 0 Å². The van der Waals surface area contributed by atoms with E-state index in [1.165, 1.54) is 31.2 Å². The number of carboxylic acid groups (broad SMARTS) is 1. The first kappa shape index (κ1) is 27.4. The van der Waals surface area contributed by atoms with Crippen LogP contribution in [0.4, 0.5) is 0 Å². The van der Waals surface area contributed by atoms with Gasteiger partial charge in [0.1, 0.15) is 24.2 Å². The standard InChI is InChI=1S/C18H30N6O7S/c1-9(26)14(24-15(27)11(19)7-25)17(29)22-12(3-4-32-2)16(28)23-13(18(30)31)5-10-6-20-8-21-10/h6,8-9,11-14,25-26H,3-5,7,19H2,1-2H3,(H,20,21)(H,22,29)(H,23,28)(H,24,27)(H,30,31). The van der Waals surface area contributed by atoms with Gasteiger partial charge in [-0.3, -0.25) is 14.4 Å². The van der Waals surface area contributed by atoms with Gasteiger partial charge in [-0.1, -0.05) is 0 Å². The van der Waals surface area contributed by atoms with E-state index in [-0.39, 0.29) is 12.8 Å². The average molecular weight is 475 g/mol. The highest BCUT2D eigenvalue weighted by molar-refractivity contribution is 7.98. The van der Waals surface area contributed by atoms with Crippen LogP contribution < -0.4 is 21.7 Å². The summed E-state index contributed by atoms with van der Waals surface area (Å²) < 4.78 is 0. The fourth-order valence-electron chi connectivity index (χ4n) is 2.60. The van der Waals surface area contributed by atoms with E-state index in [0.717, 1.165) is 0 Å². The maximum Gasteiger partial charge on any atom is 0.326 e. The summed E-state index contributed by atoms with van der Waals surface area (Å²) in [5.41, 5.74) is 5.91. The molecule has 3 amide bonds. The normalized spacial score (nSPS) is 15.7. The molecule has 0 aliphatic carbocycles. The van der Waals surface area contributed by atoms with E-state index >= 15 is 0 Å². The molecule has 5 unspecified atom stereocenters. The van der Waals surface area contributed by atoms with Gasteiger partial charge in [0.25, 0.3) is 0 Å². The molecule has 0 aliphatic rings. The number of thioether (sulfide) groups is 1. The van der Waals surface area contributed by atoms with Gasteiger partial charge in [0.15, 0.2) is 0 Å². The first-order chi connectivity index (χ1) is 15.1. The Hall–Kier alpha value is -2.68. The van der Waals surface area contributed by atoms with Crippen LogP contribution >= 0.6 is 11.8 Å². The lowest BCUT2D eigenvalue weighted by atomic mass is 10.1. The number of rotatable bonds is 14. The summed E-state index contributed by atoms with van der Waals surface area (Å²) in [7, 11) is 0. The van der Waals surface area contributed by atoms with E-state index in [1.54, 1.807) is 6.26 Å². The Kier molecular flexibility index (Phi) is 11.7. The minimum atomic E-state index is -1.44. The molecule has 1 aromatic heterocycles. The van der Waals surface area contributed by atoms with E-state index in [0.29, 0.717) is 11.4 Å². The van der Waals surface area contributed by atoms with Crippen molar-refractivity contribution < 1.29 is 34.5 Å². The van der Waals surface area contributed by atoms with Crippen molar-refractivity contribution in [2.45, 2.75) is 50.0 Å². The molecule has 9 N–H and O–H groups in total. The number of carboxylic acids is 1. The summed E-state index contributed by atoms with van der Waals surface area (Å²) in [5.74, 6) is -3.25. The van der Waals surface area contributed by atoms with Crippen LogP contribution in [0.15, 0.2) is 12.5 Å². The minimum absolute atomic E-state index is 0.0460. The van der Waals surface area contributed by atoms with Gasteiger partial charge in [0.2, 0.25) is 17.7 Å². The second-order valence-electron chi connectivity index (χ2n) is 7.04. The van der Waals surface area contributed by atoms with Crippen LogP contribution in [0.3, 0.4) is 0 Å². The molecular weight excluding hydrogens is 444 g/mol. The van der Waals surface area contributed by atoms with E-state index in [2.05, 4.69) is 25.9 Å². The van der Waals surface area contributed by atoms with Gasteiger partial charge in [0, 0.05) is 18.3 Å². The smallest absolute Gasteiger partial charge is 0.326 e. The predicted molar refractivity (Wildman–Crippen MR) is 115 cm³/mol. The van der Waals surface area contributed by atoms with Crippen molar-refractivity contribution in [2.75, 3.05) is 18.6 Å². The number of amides is 3. The van der Waals surface area contributed by atoms with Crippen molar-refractivity contribution in [3.8, 4) is 0 Å². The molecule has 0 fully saturated rings. The SMILES string of the molecule is CSCCC(NC(=O)C(NC(=O)C(N)CO)C(C)O)C(=O)NC(Cc1cnc[nH]1)C(=O)O. The maximum absolute atomic E-state index is 12.8. The van der Waals surface area contributed by atoms with Crippen LogP contribution in [0.1, 0.15) is 19.0 Å². The van der Waals surface area contributed by atoms with Gasteiger partial charge in [0.05, 0.1) is 19.0 Å². The molecule has 180 valence electrons. The third-order valence-corrected chi connectivity index (χ3v) is 5.08. The largest absolute Gasteiger partial charge is 0.480 e. The number of nitrogens with zero attached hydrogens (tertiary/aromatic N) is 1. The molecule has 1 rings (SSSR count). The number of carbonyl (C=O) groups excluding carboxylic acids is 3. The number of nitrogens with one attached hydrogen (secondary N) is 4. The number of imidazole rings is 1. The summed E-state index contributed by atoms with van der Waals surface area (Å²) in [4.78, 5) is 55.5. The van der Waals surface area contributed by atoms with E-state index in [9.17, 15) is 29.4 Å². The summed E-state index contributed by atoms with van der Waals surface area (Å²) in [5, 5.41) is 35.4. The molecule has 0 saturated carbocycles. The highest BCUT2D eigenvalue weighted by Crippen LogP contribution is 2.05. The van der Waals surface area contributed by atoms with Gasteiger partial charge in [-0.25, -0.2) is 9.78 Å². The molecule has 14 heteroatoms. The fourth-order valence-corrected chi connectivity index (χ4v) is 3.07. The molecule has 0 aliphatic heterocycles. The Morgan fingerprint density at radius 3 is 2.31 bits per heavy atom. The van der Waals surface area contributed by atoms with E-state index in [4.69, 9.17) is 10.8 Å². The third kappa shape index (κ3) is 8.82. The molecule has 0 radical (unpaired) electrons. The number of nitrogens with two attached hydrogens (primary N) is 1. The monoisotopic (exact) mass is 474 g/mol. The number of hydrogen-bond acceptors (Lipinski definition) is 9. The van der Waals surface area contributed by atoms with Crippen molar-refractivity contribution in [3.05, 3.63) is 18.2 Å². The number of aromatic amines is 1. The van der Waals surface area contributed by atoms with Gasteiger partial charge in [-0.15, -0.1) is 0 Å². The Bertz CT molecular complexity index is 761. The second kappa shape index (κ2) is 13.7. The zero-order chi connectivity index (χ0) is 24.3. The van der Waals surface area contributed by atoms with Gasteiger partial charge in [-0.05, 0) is 25.4 Å². The number of aromatic nitrogens is 2. The minimum Gasteiger partial charge on any atom is -0.480 e. The van der Waals surface area contributed by atoms with Crippen LogP contribution in [0.2, 0.25) is 0 Å². The second-order valence-corrected chi connectivity index (χ2v) is 8.02. The Labute approximate surface area is 188 Å². The first-order valence-corrected chi connectivity index (χ1v) is 11.1. The molecule has 0 bridgehead atoms. The quantitative estimate of drug-likeness (QED) is 0.136. The van der Waals surface area contributed by atoms with Crippen LogP contribution in [-0.2, 0) is 25.6 Å². The Morgan fingerprint density at radius 1 is 1.16 bits per heavy atom. The van der Waals surface area contributed by atoms with Crippen molar-refractivity contribution in [1.29, 1.82) is 0 Å². The zero-order valence-corrected chi connectivity index (χ0v) is 18.6. The lowest BCUT2D eigenvalue weighted by Crippen LogP contribution is -2.60.